The molecule has 8 nitrogen and oxygen atoms in total. The van der Waals surface area contributed by atoms with Crippen molar-refractivity contribution in [2.24, 2.45) is 5.92 Å². The van der Waals surface area contributed by atoms with Gasteiger partial charge in [-0.2, -0.15) is 0 Å². The summed E-state index contributed by atoms with van der Waals surface area (Å²) in [6.45, 7) is 7.20. The van der Waals surface area contributed by atoms with Gasteiger partial charge in [0.25, 0.3) is 0 Å². The molecule has 0 atom stereocenters. The normalized spacial score (nSPS) is 20.8. The molecule has 0 aliphatic carbocycles. The summed E-state index contributed by atoms with van der Waals surface area (Å²) in [7, 11) is 1.80. The van der Waals surface area contributed by atoms with Crippen molar-refractivity contribution >= 4 is 5.91 Å². The number of rotatable bonds is 5. The van der Waals surface area contributed by atoms with E-state index in [-0.39, 0.29) is 11.8 Å². The fourth-order valence-corrected chi connectivity index (χ4v) is 3.26. The molecule has 1 amide bonds. The van der Waals surface area contributed by atoms with Gasteiger partial charge in [0.15, 0.2) is 0 Å². The van der Waals surface area contributed by atoms with Gasteiger partial charge < -0.3 is 20.0 Å². The highest BCUT2D eigenvalue weighted by Gasteiger charge is 2.27. The van der Waals surface area contributed by atoms with Crippen LogP contribution in [0.25, 0.3) is 0 Å². The summed E-state index contributed by atoms with van der Waals surface area (Å²) in [6, 6.07) is 0. The molecule has 1 aromatic rings. The lowest BCUT2D eigenvalue weighted by Gasteiger charge is -2.36. The van der Waals surface area contributed by atoms with Gasteiger partial charge in [-0.1, -0.05) is 0 Å². The molecule has 2 aliphatic rings. The Morgan fingerprint density at radius 3 is 2.70 bits per heavy atom. The highest BCUT2D eigenvalue weighted by molar-refractivity contribution is 5.89. The Morgan fingerprint density at radius 1 is 1.26 bits per heavy atom. The maximum Gasteiger partial charge on any atom is 0.311 e. The lowest BCUT2D eigenvalue weighted by Crippen LogP contribution is -2.50. The van der Waals surface area contributed by atoms with E-state index in [1.165, 1.54) is 12.8 Å². The van der Waals surface area contributed by atoms with Crippen molar-refractivity contribution in [3.8, 4) is 0 Å². The second kappa shape index (κ2) is 7.85. The second-order valence-corrected chi connectivity index (χ2v) is 6.32. The van der Waals surface area contributed by atoms with Gasteiger partial charge in [-0.3, -0.25) is 9.69 Å². The molecular weight excluding hydrogens is 296 g/mol. The van der Waals surface area contributed by atoms with Crippen LogP contribution in [-0.2, 0) is 6.54 Å². The van der Waals surface area contributed by atoms with Crippen LogP contribution in [0.1, 0.15) is 29.4 Å². The number of amides is 1. The molecule has 23 heavy (non-hydrogen) atoms. The van der Waals surface area contributed by atoms with Gasteiger partial charge in [0.05, 0.1) is 6.54 Å². The SMILES string of the molecule is CNCc1nnc(C(=O)N2CCN(CC3CCNCC3)CC2)o1. The van der Waals surface area contributed by atoms with Gasteiger partial charge in [0, 0.05) is 32.7 Å². The lowest BCUT2D eigenvalue weighted by atomic mass is 9.97. The molecule has 128 valence electrons. The molecule has 2 saturated heterocycles. The maximum atomic E-state index is 12.4. The number of nitrogens with one attached hydrogen (secondary N) is 2. The van der Waals surface area contributed by atoms with Crippen LogP contribution >= 0.6 is 0 Å². The number of carbonyl (C=O) groups is 1. The second-order valence-electron chi connectivity index (χ2n) is 6.32. The third-order valence-electron chi connectivity index (χ3n) is 4.61. The van der Waals surface area contributed by atoms with Crippen molar-refractivity contribution in [1.29, 1.82) is 0 Å². The van der Waals surface area contributed by atoms with Crippen LogP contribution in [0.15, 0.2) is 4.42 Å². The quantitative estimate of drug-likeness (QED) is 0.759. The number of aromatic nitrogens is 2. The van der Waals surface area contributed by atoms with Gasteiger partial charge in [0.2, 0.25) is 5.89 Å². The van der Waals surface area contributed by atoms with Gasteiger partial charge in [-0.05, 0) is 38.9 Å². The van der Waals surface area contributed by atoms with Crippen molar-refractivity contribution < 1.29 is 9.21 Å². The molecule has 0 radical (unpaired) electrons. The van der Waals surface area contributed by atoms with Crippen molar-refractivity contribution in [2.45, 2.75) is 19.4 Å². The lowest BCUT2D eigenvalue weighted by molar-refractivity contribution is 0.0569. The van der Waals surface area contributed by atoms with E-state index in [9.17, 15) is 4.79 Å². The smallest absolute Gasteiger partial charge is 0.311 e. The molecular formula is C15H26N6O2. The minimum absolute atomic E-state index is 0.0991. The van der Waals surface area contributed by atoms with E-state index >= 15 is 0 Å². The van der Waals surface area contributed by atoms with Gasteiger partial charge in [0.1, 0.15) is 0 Å². The Hall–Kier alpha value is -1.51. The molecule has 2 fully saturated rings. The Labute approximate surface area is 136 Å². The third kappa shape index (κ3) is 4.27. The Morgan fingerprint density at radius 2 is 2.00 bits per heavy atom. The molecule has 8 heteroatoms. The first-order valence-corrected chi connectivity index (χ1v) is 8.45. The molecule has 0 unspecified atom stereocenters. The molecule has 2 aliphatic heterocycles. The molecule has 0 spiro atoms. The summed E-state index contributed by atoms with van der Waals surface area (Å²) < 4.78 is 5.39. The fourth-order valence-electron chi connectivity index (χ4n) is 3.26. The van der Waals surface area contributed by atoms with Crippen molar-refractivity contribution in [3.63, 3.8) is 0 Å². The van der Waals surface area contributed by atoms with Crippen LogP contribution < -0.4 is 10.6 Å². The van der Waals surface area contributed by atoms with E-state index < -0.39 is 0 Å². The van der Waals surface area contributed by atoms with Crippen LogP contribution in [0.4, 0.5) is 0 Å². The van der Waals surface area contributed by atoms with Crippen LogP contribution in [-0.4, -0.2) is 78.8 Å². The van der Waals surface area contributed by atoms with Gasteiger partial charge >= 0.3 is 11.8 Å². The zero-order valence-electron chi connectivity index (χ0n) is 13.8. The first-order chi connectivity index (χ1) is 11.3. The monoisotopic (exact) mass is 322 g/mol. The van der Waals surface area contributed by atoms with E-state index in [4.69, 9.17) is 4.42 Å². The van der Waals surface area contributed by atoms with Crippen LogP contribution in [0.5, 0.6) is 0 Å². The fraction of sp³-hybridized carbons (Fsp3) is 0.800. The number of nitrogens with zero attached hydrogens (tertiary/aromatic N) is 4. The zero-order chi connectivity index (χ0) is 16.1. The van der Waals surface area contributed by atoms with E-state index in [0.29, 0.717) is 12.4 Å². The number of piperazine rings is 1. The zero-order valence-corrected chi connectivity index (χ0v) is 13.8. The standard InChI is InChI=1S/C15H26N6O2/c1-16-10-13-18-19-14(23-13)15(22)21-8-6-20(7-9-21)11-12-2-4-17-5-3-12/h12,16-17H,2-11H2,1H3. The van der Waals surface area contributed by atoms with Gasteiger partial charge in [-0.15, -0.1) is 10.2 Å². The van der Waals surface area contributed by atoms with Crippen LogP contribution in [0.2, 0.25) is 0 Å². The molecule has 0 saturated carbocycles. The third-order valence-corrected chi connectivity index (χ3v) is 4.61. The molecule has 1 aromatic heterocycles. The minimum atomic E-state index is -0.152. The number of hydrogen-bond acceptors (Lipinski definition) is 7. The molecule has 0 bridgehead atoms. The first-order valence-electron chi connectivity index (χ1n) is 8.45. The van der Waals surface area contributed by atoms with Crippen molar-refractivity contribution in [3.05, 3.63) is 11.8 Å². The van der Waals surface area contributed by atoms with Crippen molar-refractivity contribution in [1.82, 2.24) is 30.6 Å². The van der Waals surface area contributed by atoms with E-state index in [2.05, 4.69) is 25.7 Å². The maximum absolute atomic E-state index is 12.4. The Bertz CT molecular complexity index is 506. The first kappa shape index (κ1) is 16.4. The van der Waals surface area contributed by atoms with E-state index in [0.717, 1.165) is 51.7 Å². The predicted molar refractivity (Wildman–Crippen MR) is 85.0 cm³/mol. The molecule has 3 rings (SSSR count). The van der Waals surface area contributed by atoms with E-state index in [1.54, 1.807) is 7.05 Å². The Balaban J connectivity index is 1.46. The summed E-state index contributed by atoms with van der Waals surface area (Å²) in [6.07, 6.45) is 2.52. The minimum Gasteiger partial charge on any atom is -0.415 e. The highest BCUT2D eigenvalue weighted by atomic mass is 16.4. The van der Waals surface area contributed by atoms with Crippen molar-refractivity contribution in [2.75, 3.05) is 52.9 Å². The number of carbonyl (C=O) groups excluding carboxylic acids is 1. The molecule has 0 aromatic carbocycles. The van der Waals surface area contributed by atoms with Crippen LogP contribution in [0.3, 0.4) is 0 Å². The summed E-state index contributed by atoms with van der Waals surface area (Å²) in [4.78, 5) is 16.7. The Kier molecular flexibility index (Phi) is 5.58. The highest BCUT2D eigenvalue weighted by Crippen LogP contribution is 2.15. The van der Waals surface area contributed by atoms with E-state index in [1.807, 2.05) is 4.90 Å². The predicted octanol–water partition coefficient (Wildman–Crippen LogP) is -0.454. The largest absolute Gasteiger partial charge is 0.415 e. The number of hydrogen-bond donors (Lipinski definition) is 2. The summed E-state index contributed by atoms with van der Waals surface area (Å²) in [5, 5.41) is 14.1. The van der Waals surface area contributed by atoms with Gasteiger partial charge in [-0.25, -0.2) is 0 Å². The molecule has 3 heterocycles. The average Bonchev–Trinajstić information content (AvgIpc) is 3.05. The summed E-state index contributed by atoms with van der Waals surface area (Å²) >= 11 is 0. The average molecular weight is 322 g/mol. The summed E-state index contributed by atoms with van der Waals surface area (Å²) in [5.41, 5.74) is 0. The van der Waals surface area contributed by atoms with Crippen LogP contribution in [0, 0.1) is 5.92 Å². The molecule has 2 N–H and O–H groups in total. The number of piperidine rings is 1. The summed E-state index contributed by atoms with van der Waals surface area (Å²) in [5.74, 6) is 1.18. The topological polar surface area (TPSA) is 86.5 Å².